The second kappa shape index (κ2) is 11.5. The lowest BCUT2D eigenvalue weighted by molar-refractivity contribution is -0.139. The molecule has 0 unspecified atom stereocenters. The Morgan fingerprint density at radius 3 is 2.67 bits per heavy atom. The number of nitrogens with zero attached hydrogens (tertiary/aromatic N) is 3. The van der Waals surface area contributed by atoms with Crippen LogP contribution >= 0.6 is 11.3 Å². The highest BCUT2D eigenvalue weighted by Crippen LogP contribution is 2.36. The van der Waals surface area contributed by atoms with Gasteiger partial charge in [0.05, 0.1) is 55.4 Å². The van der Waals surface area contributed by atoms with Gasteiger partial charge in [0.25, 0.3) is 5.56 Å². The minimum absolute atomic E-state index is 0.198. The zero-order valence-electron chi connectivity index (χ0n) is 22.4. The highest BCUT2D eigenvalue weighted by molar-refractivity contribution is 7.07. The number of aromatic nitrogens is 1. The Morgan fingerprint density at radius 2 is 1.95 bits per heavy atom. The Hall–Kier alpha value is -3.83. The van der Waals surface area contributed by atoms with E-state index in [1.165, 1.54) is 11.3 Å². The molecule has 0 amide bonds. The van der Waals surface area contributed by atoms with Crippen LogP contribution in [-0.2, 0) is 14.3 Å². The number of rotatable bonds is 8. The van der Waals surface area contributed by atoms with E-state index in [0.29, 0.717) is 63.2 Å². The first-order chi connectivity index (χ1) is 18.9. The van der Waals surface area contributed by atoms with E-state index in [-0.39, 0.29) is 12.2 Å². The number of carbonyl (C=O) groups is 1. The number of fused-ring (bicyclic) bond motifs is 1. The molecule has 0 bridgehead atoms. The number of anilines is 1. The molecule has 5 rings (SSSR count). The van der Waals surface area contributed by atoms with Crippen molar-refractivity contribution in [3.8, 4) is 11.5 Å². The molecule has 0 spiro atoms. The van der Waals surface area contributed by atoms with E-state index in [1.54, 1.807) is 43.7 Å². The predicted octanol–water partition coefficient (Wildman–Crippen LogP) is 2.64. The third kappa shape index (κ3) is 5.24. The number of allylic oxidation sites excluding steroid dienone is 1. The molecule has 1 fully saturated rings. The molecular formula is C28H31N3O7S. The van der Waals surface area contributed by atoms with Crippen molar-refractivity contribution in [1.82, 2.24) is 4.57 Å². The molecule has 2 aliphatic rings. The van der Waals surface area contributed by atoms with Crippen molar-refractivity contribution in [2.75, 3.05) is 51.5 Å². The first kappa shape index (κ1) is 26.8. The molecule has 11 heteroatoms. The van der Waals surface area contributed by atoms with Crippen LogP contribution in [0.4, 0.5) is 5.88 Å². The summed E-state index contributed by atoms with van der Waals surface area (Å²) in [6.45, 7) is 8.79. The average molecular weight is 554 g/mol. The van der Waals surface area contributed by atoms with Gasteiger partial charge in [0.2, 0.25) is 0 Å². The van der Waals surface area contributed by atoms with Crippen molar-refractivity contribution in [2.45, 2.75) is 26.8 Å². The number of carbonyl (C=O) groups excluding carboxylic acids is 1. The molecule has 2 aromatic heterocycles. The van der Waals surface area contributed by atoms with Crippen molar-refractivity contribution >= 4 is 29.3 Å². The van der Waals surface area contributed by atoms with E-state index in [2.05, 4.69) is 9.89 Å². The minimum Gasteiger partial charge on any atom is -0.493 e. The smallest absolute Gasteiger partial charge is 0.338 e. The molecule has 3 aromatic rings. The summed E-state index contributed by atoms with van der Waals surface area (Å²) in [5, 5.41) is 0. The van der Waals surface area contributed by atoms with Crippen LogP contribution in [0.25, 0.3) is 6.08 Å². The maximum atomic E-state index is 13.9. The molecule has 206 valence electrons. The van der Waals surface area contributed by atoms with E-state index in [1.807, 2.05) is 25.1 Å². The van der Waals surface area contributed by atoms with Crippen molar-refractivity contribution in [1.29, 1.82) is 0 Å². The molecule has 0 aliphatic carbocycles. The van der Waals surface area contributed by atoms with Crippen LogP contribution in [0.3, 0.4) is 0 Å². The van der Waals surface area contributed by atoms with Gasteiger partial charge in [0.1, 0.15) is 5.76 Å². The summed E-state index contributed by atoms with van der Waals surface area (Å²) in [6.07, 6.45) is 1.72. The molecule has 1 saturated heterocycles. The van der Waals surface area contributed by atoms with Crippen LogP contribution in [0.15, 0.2) is 55.8 Å². The molecule has 1 aromatic carbocycles. The number of hydrogen-bond donors (Lipinski definition) is 0. The number of hydrogen-bond acceptors (Lipinski definition) is 10. The van der Waals surface area contributed by atoms with Gasteiger partial charge in [-0.3, -0.25) is 9.36 Å². The monoisotopic (exact) mass is 553 g/mol. The fourth-order valence-corrected chi connectivity index (χ4v) is 5.77. The Kier molecular flexibility index (Phi) is 7.89. The van der Waals surface area contributed by atoms with Crippen molar-refractivity contribution in [3.63, 3.8) is 0 Å². The lowest BCUT2D eigenvalue weighted by Gasteiger charge is -2.26. The second-order valence-corrected chi connectivity index (χ2v) is 9.93. The van der Waals surface area contributed by atoms with Crippen LogP contribution in [0.2, 0.25) is 0 Å². The molecule has 0 saturated carbocycles. The number of esters is 1. The third-order valence-electron chi connectivity index (χ3n) is 6.53. The molecule has 4 heterocycles. The average Bonchev–Trinajstić information content (AvgIpc) is 3.53. The van der Waals surface area contributed by atoms with Gasteiger partial charge in [-0.25, -0.2) is 9.79 Å². The molecule has 2 aliphatic heterocycles. The van der Waals surface area contributed by atoms with Gasteiger partial charge in [-0.2, -0.15) is 0 Å². The molecule has 0 N–H and O–H groups in total. The highest BCUT2D eigenvalue weighted by Gasteiger charge is 2.34. The quantitative estimate of drug-likeness (QED) is 0.392. The summed E-state index contributed by atoms with van der Waals surface area (Å²) >= 11 is 1.25. The van der Waals surface area contributed by atoms with Gasteiger partial charge in [0.15, 0.2) is 22.2 Å². The van der Waals surface area contributed by atoms with Gasteiger partial charge in [-0.05, 0) is 44.5 Å². The van der Waals surface area contributed by atoms with Crippen LogP contribution in [0.1, 0.15) is 38.1 Å². The summed E-state index contributed by atoms with van der Waals surface area (Å²) in [5.74, 6) is 1.84. The van der Waals surface area contributed by atoms with Crippen LogP contribution in [0, 0.1) is 0 Å². The zero-order chi connectivity index (χ0) is 27.5. The largest absolute Gasteiger partial charge is 0.493 e. The van der Waals surface area contributed by atoms with Crippen LogP contribution in [-0.4, -0.2) is 57.2 Å². The minimum atomic E-state index is -0.756. The Morgan fingerprint density at radius 1 is 1.15 bits per heavy atom. The van der Waals surface area contributed by atoms with E-state index in [0.717, 1.165) is 19.0 Å². The molecule has 1 atom stereocenters. The number of benzene rings is 1. The lowest BCUT2D eigenvalue weighted by atomic mass is 9.95. The number of ether oxygens (including phenoxy) is 4. The van der Waals surface area contributed by atoms with Crippen molar-refractivity contribution in [3.05, 3.63) is 72.6 Å². The number of thiazole rings is 1. The van der Waals surface area contributed by atoms with Gasteiger partial charge < -0.3 is 28.3 Å². The standard InChI is InChI=1S/C28H31N3O7S/c1-5-36-21-15-18(7-9-20(21)34-4)25-24(27(33)37-6-2)17(3)29-28-31(25)26(32)22(39-28)16-19-8-10-23(38-19)30-11-13-35-14-12-30/h7-10,15-16,25H,5-6,11-14H2,1-4H3/t25-/m0/s1. The van der Waals surface area contributed by atoms with Gasteiger partial charge in [0, 0.05) is 25.2 Å². The van der Waals surface area contributed by atoms with Crippen molar-refractivity contribution in [2.24, 2.45) is 4.99 Å². The van der Waals surface area contributed by atoms with Gasteiger partial charge in [-0.1, -0.05) is 17.4 Å². The maximum Gasteiger partial charge on any atom is 0.338 e. The topological polar surface area (TPSA) is 105 Å². The maximum absolute atomic E-state index is 13.9. The number of morpholine rings is 1. The number of furan rings is 1. The normalized spacial score (nSPS) is 17.6. The lowest BCUT2D eigenvalue weighted by Crippen LogP contribution is -2.40. The van der Waals surface area contributed by atoms with Gasteiger partial charge in [-0.15, -0.1) is 0 Å². The molecular weight excluding hydrogens is 522 g/mol. The molecule has 0 radical (unpaired) electrons. The van der Waals surface area contributed by atoms with Gasteiger partial charge >= 0.3 is 5.97 Å². The first-order valence-electron chi connectivity index (χ1n) is 12.9. The fraction of sp³-hybridized carbons (Fsp3) is 0.393. The van der Waals surface area contributed by atoms with Crippen LogP contribution in [0.5, 0.6) is 11.5 Å². The second-order valence-electron chi connectivity index (χ2n) is 8.92. The van der Waals surface area contributed by atoms with E-state index < -0.39 is 12.0 Å². The summed E-state index contributed by atoms with van der Waals surface area (Å²) in [5.41, 5.74) is 1.19. The van der Waals surface area contributed by atoms with Crippen LogP contribution < -0.4 is 29.3 Å². The summed E-state index contributed by atoms with van der Waals surface area (Å²) in [4.78, 5) is 34.2. The molecule has 39 heavy (non-hydrogen) atoms. The fourth-order valence-electron chi connectivity index (χ4n) is 4.74. The Balaban J connectivity index is 1.63. The Labute approximate surface area is 229 Å². The number of methoxy groups -OCH3 is 1. The zero-order valence-corrected chi connectivity index (χ0v) is 23.2. The predicted molar refractivity (Wildman–Crippen MR) is 146 cm³/mol. The Bertz CT molecular complexity index is 1580. The SMILES string of the molecule is CCOC(=O)C1=C(C)N=c2sc(=Cc3ccc(N4CCOCC4)o3)c(=O)n2[C@H]1c1ccc(OC)c(OCC)c1. The summed E-state index contributed by atoms with van der Waals surface area (Å²) in [6, 6.07) is 8.36. The van der Waals surface area contributed by atoms with E-state index in [9.17, 15) is 9.59 Å². The third-order valence-corrected chi connectivity index (χ3v) is 7.51. The summed E-state index contributed by atoms with van der Waals surface area (Å²) in [7, 11) is 1.56. The van der Waals surface area contributed by atoms with E-state index >= 15 is 0 Å². The van der Waals surface area contributed by atoms with Crippen molar-refractivity contribution < 1.29 is 28.2 Å². The highest BCUT2D eigenvalue weighted by atomic mass is 32.1. The first-order valence-corrected chi connectivity index (χ1v) is 13.7. The molecule has 10 nitrogen and oxygen atoms in total. The van der Waals surface area contributed by atoms with E-state index in [4.69, 9.17) is 23.4 Å². The summed E-state index contributed by atoms with van der Waals surface area (Å²) < 4.78 is 30.1.